The first-order valence-electron chi connectivity index (χ1n) is 6.27. The minimum Gasteiger partial charge on any atom is -0.454 e. The van der Waals surface area contributed by atoms with E-state index in [2.05, 4.69) is 10.5 Å². The first kappa shape index (κ1) is 12.5. The SMILES string of the molecule is Cc1cc(C(=O)N[C@H](C)c2ccc3c(c2)OCO3)no1. The summed E-state index contributed by atoms with van der Waals surface area (Å²) >= 11 is 0. The second-order valence-electron chi connectivity index (χ2n) is 4.63. The summed E-state index contributed by atoms with van der Waals surface area (Å²) in [6.07, 6.45) is 0. The maximum absolute atomic E-state index is 12.0. The van der Waals surface area contributed by atoms with Gasteiger partial charge in [0.25, 0.3) is 5.91 Å². The number of hydrogen-bond donors (Lipinski definition) is 1. The first-order valence-corrected chi connectivity index (χ1v) is 6.27. The molecule has 0 radical (unpaired) electrons. The van der Waals surface area contributed by atoms with E-state index in [1.54, 1.807) is 13.0 Å². The monoisotopic (exact) mass is 274 g/mol. The van der Waals surface area contributed by atoms with Gasteiger partial charge >= 0.3 is 0 Å². The van der Waals surface area contributed by atoms with Gasteiger partial charge < -0.3 is 19.3 Å². The van der Waals surface area contributed by atoms with Gasteiger partial charge in [0, 0.05) is 6.07 Å². The summed E-state index contributed by atoms with van der Waals surface area (Å²) in [5.41, 5.74) is 1.21. The second-order valence-corrected chi connectivity index (χ2v) is 4.63. The van der Waals surface area contributed by atoms with E-state index in [1.165, 1.54) is 0 Å². The summed E-state index contributed by atoms with van der Waals surface area (Å²) < 4.78 is 15.5. The van der Waals surface area contributed by atoms with Gasteiger partial charge in [-0.15, -0.1) is 0 Å². The molecule has 0 spiro atoms. The Labute approximate surface area is 115 Å². The third-order valence-corrected chi connectivity index (χ3v) is 3.10. The number of hydrogen-bond acceptors (Lipinski definition) is 5. The van der Waals surface area contributed by atoms with Crippen LogP contribution in [0.5, 0.6) is 11.5 Å². The fourth-order valence-electron chi connectivity index (χ4n) is 2.01. The third-order valence-electron chi connectivity index (χ3n) is 3.10. The quantitative estimate of drug-likeness (QED) is 0.928. The average Bonchev–Trinajstić information content (AvgIpc) is 3.05. The van der Waals surface area contributed by atoms with E-state index in [1.807, 2.05) is 25.1 Å². The van der Waals surface area contributed by atoms with Crippen molar-refractivity contribution >= 4 is 5.91 Å². The van der Waals surface area contributed by atoms with Crippen LogP contribution in [0.15, 0.2) is 28.8 Å². The van der Waals surface area contributed by atoms with Crippen LogP contribution in [0.1, 0.15) is 34.8 Å². The molecule has 1 atom stereocenters. The minimum absolute atomic E-state index is 0.172. The molecule has 1 N–H and O–H groups in total. The molecule has 0 aliphatic carbocycles. The van der Waals surface area contributed by atoms with Crippen molar-refractivity contribution in [3.05, 3.63) is 41.3 Å². The van der Waals surface area contributed by atoms with E-state index < -0.39 is 0 Å². The van der Waals surface area contributed by atoms with Crippen molar-refractivity contribution in [2.24, 2.45) is 0 Å². The van der Waals surface area contributed by atoms with Crippen molar-refractivity contribution < 1.29 is 18.8 Å². The standard InChI is InChI=1S/C14H14N2O4/c1-8-5-11(16-20-8)14(17)15-9(2)10-3-4-12-13(6-10)19-7-18-12/h3-6,9H,7H2,1-2H3,(H,15,17)/t9-/m1/s1. The molecule has 2 aromatic rings. The van der Waals surface area contributed by atoms with E-state index in [0.717, 1.165) is 11.3 Å². The molecule has 1 aliphatic rings. The zero-order chi connectivity index (χ0) is 14.1. The fourth-order valence-corrected chi connectivity index (χ4v) is 2.01. The Morgan fingerprint density at radius 2 is 2.10 bits per heavy atom. The van der Waals surface area contributed by atoms with Gasteiger partial charge in [-0.25, -0.2) is 0 Å². The highest BCUT2D eigenvalue weighted by Crippen LogP contribution is 2.34. The number of nitrogens with zero attached hydrogens (tertiary/aromatic N) is 1. The number of aromatic nitrogens is 1. The zero-order valence-electron chi connectivity index (χ0n) is 11.2. The predicted molar refractivity (Wildman–Crippen MR) is 69.7 cm³/mol. The number of carbonyl (C=O) groups excluding carboxylic acids is 1. The normalized spacial score (nSPS) is 14.1. The Hall–Kier alpha value is -2.50. The van der Waals surface area contributed by atoms with Crippen LogP contribution in [-0.4, -0.2) is 17.9 Å². The lowest BCUT2D eigenvalue weighted by molar-refractivity contribution is 0.0930. The molecule has 6 nitrogen and oxygen atoms in total. The van der Waals surface area contributed by atoms with Crippen molar-refractivity contribution in [2.45, 2.75) is 19.9 Å². The lowest BCUT2D eigenvalue weighted by Gasteiger charge is -2.13. The molecule has 1 aliphatic heterocycles. The van der Waals surface area contributed by atoms with Crippen molar-refractivity contribution in [1.29, 1.82) is 0 Å². The molecule has 1 aromatic heterocycles. The van der Waals surface area contributed by atoms with Crippen LogP contribution in [0, 0.1) is 6.92 Å². The molecule has 0 fully saturated rings. The van der Waals surface area contributed by atoms with E-state index in [0.29, 0.717) is 11.5 Å². The maximum Gasteiger partial charge on any atom is 0.273 e. The number of ether oxygens (including phenoxy) is 2. The van der Waals surface area contributed by atoms with Crippen LogP contribution >= 0.6 is 0 Å². The number of rotatable bonds is 3. The summed E-state index contributed by atoms with van der Waals surface area (Å²) in [5, 5.41) is 6.55. The third kappa shape index (κ3) is 2.32. The van der Waals surface area contributed by atoms with Crippen LogP contribution in [0.4, 0.5) is 0 Å². The van der Waals surface area contributed by atoms with Crippen molar-refractivity contribution in [3.8, 4) is 11.5 Å². The molecule has 2 heterocycles. The summed E-state index contributed by atoms with van der Waals surface area (Å²) in [4.78, 5) is 12.0. The van der Waals surface area contributed by atoms with Gasteiger partial charge in [0.05, 0.1) is 6.04 Å². The highest BCUT2D eigenvalue weighted by molar-refractivity contribution is 5.92. The van der Waals surface area contributed by atoms with Crippen molar-refractivity contribution in [1.82, 2.24) is 10.5 Å². The fraction of sp³-hybridized carbons (Fsp3) is 0.286. The maximum atomic E-state index is 12.0. The zero-order valence-corrected chi connectivity index (χ0v) is 11.2. The first-order chi connectivity index (χ1) is 9.63. The molecule has 3 rings (SSSR count). The number of amides is 1. The van der Waals surface area contributed by atoms with Crippen LogP contribution in [0.2, 0.25) is 0 Å². The molecular weight excluding hydrogens is 260 g/mol. The molecule has 0 saturated carbocycles. The number of fused-ring (bicyclic) bond motifs is 1. The van der Waals surface area contributed by atoms with E-state index in [-0.39, 0.29) is 24.4 Å². The summed E-state index contributed by atoms with van der Waals surface area (Å²) in [6.45, 7) is 3.87. The predicted octanol–water partition coefficient (Wildman–Crippen LogP) is 2.20. The lowest BCUT2D eigenvalue weighted by Crippen LogP contribution is -2.26. The average molecular weight is 274 g/mol. The van der Waals surface area contributed by atoms with Crippen LogP contribution < -0.4 is 14.8 Å². The van der Waals surface area contributed by atoms with Gasteiger partial charge in [-0.2, -0.15) is 0 Å². The van der Waals surface area contributed by atoms with Gasteiger partial charge in [-0.05, 0) is 31.5 Å². The van der Waals surface area contributed by atoms with Gasteiger partial charge in [0.1, 0.15) is 5.76 Å². The highest BCUT2D eigenvalue weighted by atomic mass is 16.7. The molecule has 1 amide bonds. The van der Waals surface area contributed by atoms with Crippen LogP contribution in [0.25, 0.3) is 0 Å². The highest BCUT2D eigenvalue weighted by Gasteiger charge is 2.18. The Morgan fingerprint density at radius 3 is 2.85 bits per heavy atom. The number of aryl methyl sites for hydroxylation is 1. The summed E-state index contributed by atoms with van der Waals surface area (Å²) in [5.74, 6) is 1.75. The molecule has 1 aromatic carbocycles. The molecule has 20 heavy (non-hydrogen) atoms. The van der Waals surface area contributed by atoms with Gasteiger partial charge in [-0.1, -0.05) is 11.2 Å². The topological polar surface area (TPSA) is 73.6 Å². The largest absolute Gasteiger partial charge is 0.454 e. The molecule has 104 valence electrons. The van der Waals surface area contributed by atoms with E-state index in [9.17, 15) is 4.79 Å². The number of carbonyl (C=O) groups is 1. The van der Waals surface area contributed by atoms with Crippen LogP contribution in [0.3, 0.4) is 0 Å². The minimum atomic E-state index is -0.271. The lowest BCUT2D eigenvalue weighted by atomic mass is 10.1. The molecule has 0 unspecified atom stereocenters. The molecular formula is C14H14N2O4. The molecule has 0 saturated heterocycles. The molecule has 0 bridgehead atoms. The Balaban J connectivity index is 1.73. The van der Waals surface area contributed by atoms with Gasteiger partial charge in [0.15, 0.2) is 17.2 Å². The van der Waals surface area contributed by atoms with Crippen molar-refractivity contribution in [2.75, 3.05) is 6.79 Å². The summed E-state index contributed by atoms with van der Waals surface area (Å²) in [6, 6.07) is 7.02. The number of benzene rings is 1. The smallest absolute Gasteiger partial charge is 0.273 e. The van der Waals surface area contributed by atoms with Gasteiger partial charge in [-0.3, -0.25) is 4.79 Å². The summed E-state index contributed by atoms with van der Waals surface area (Å²) in [7, 11) is 0. The number of nitrogens with one attached hydrogen (secondary N) is 1. The molecule has 6 heteroatoms. The van der Waals surface area contributed by atoms with E-state index in [4.69, 9.17) is 14.0 Å². The van der Waals surface area contributed by atoms with E-state index >= 15 is 0 Å². The van der Waals surface area contributed by atoms with Crippen molar-refractivity contribution in [3.63, 3.8) is 0 Å². The Kier molecular flexibility index (Phi) is 3.06. The Morgan fingerprint density at radius 1 is 1.30 bits per heavy atom. The second kappa shape index (κ2) is 4.88. The van der Waals surface area contributed by atoms with Crippen LogP contribution in [-0.2, 0) is 0 Å². The van der Waals surface area contributed by atoms with Gasteiger partial charge in [0.2, 0.25) is 6.79 Å². The Bertz CT molecular complexity index is 650.